The minimum absolute atomic E-state index is 0.182. The molecule has 0 aliphatic carbocycles. The van der Waals surface area contributed by atoms with Crippen LogP contribution in [-0.4, -0.2) is 53.8 Å². The molecule has 0 saturated heterocycles. The highest BCUT2D eigenvalue weighted by molar-refractivity contribution is 5.59. The van der Waals surface area contributed by atoms with E-state index in [0.717, 1.165) is 5.56 Å². The average Bonchev–Trinajstić information content (AvgIpc) is 2.56. The van der Waals surface area contributed by atoms with Crippen LogP contribution in [0.5, 0.6) is 0 Å². The Morgan fingerprint density at radius 1 is 1.38 bits per heavy atom. The summed E-state index contributed by atoms with van der Waals surface area (Å²) in [6.07, 6.45) is -0.776. The summed E-state index contributed by atoms with van der Waals surface area (Å²) in [5.74, 6) is 0. The highest BCUT2D eigenvalue weighted by Crippen LogP contribution is 2.08. The lowest BCUT2D eigenvalue weighted by Gasteiger charge is -2.22. The molecule has 0 bridgehead atoms. The van der Waals surface area contributed by atoms with Crippen LogP contribution in [0.3, 0.4) is 0 Å². The number of benzene rings is 1. The van der Waals surface area contributed by atoms with Gasteiger partial charge >= 0.3 is 6.16 Å². The van der Waals surface area contributed by atoms with E-state index in [0.29, 0.717) is 6.42 Å². The van der Waals surface area contributed by atoms with Gasteiger partial charge in [-0.2, -0.15) is 0 Å². The number of rotatable bonds is 9. The van der Waals surface area contributed by atoms with E-state index in [1.165, 1.54) is 12.1 Å². The van der Waals surface area contributed by atoms with Gasteiger partial charge in [0.05, 0.1) is 24.7 Å². The SMILES string of the molecule is CC(C)OC(=O)OCON=[N+]([O-])N(C)[C@H](CO)Cc1ccccc1. The average molecular weight is 341 g/mol. The third-order valence-corrected chi connectivity index (χ3v) is 3.01. The molecule has 1 aromatic carbocycles. The number of ether oxygens (including phenoxy) is 2. The number of hydrogen-bond donors (Lipinski definition) is 1. The molecule has 1 rings (SSSR count). The molecule has 0 radical (unpaired) electrons. The molecule has 0 aliphatic rings. The van der Waals surface area contributed by atoms with E-state index in [1.807, 2.05) is 30.3 Å². The van der Waals surface area contributed by atoms with E-state index < -0.39 is 19.0 Å². The molecule has 1 aromatic rings. The van der Waals surface area contributed by atoms with Crippen LogP contribution in [0.4, 0.5) is 4.79 Å². The van der Waals surface area contributed by atoms with Crippen LogP contribution in [0, 0.1) is 5.21 Å². The number of likely N-dealkylation sites (N-methyl/N-ethyl adjacent to an activating group) is 1. The van der Waals surface area contributed by atoms with Crippen molar-refractivity contribution in [3.63, 3.8) is 0 Å². The second kappa shape index (κ2) is 10.3. The monoisotopic (exact) mass is 341 g/mol. The highest BCUT2D eigenvalue weighted by atomic mass is 16.8. The summed E-state index contributed by atoms with van der Waals surface area (Å²) in [5, 5.41) is 25.7. The number of hydrogen-bond acceptors (Lipinski definition) is 7. The van der Waals surface area contributed by atoms with Crippen molar-refractivity contribution in [2.45, 2.75) is 32.4 Å². The number of aliphatic hydroxyl groups excluding tert-OH is 1. The Bertz CT molecular complexity index is 523. The van der Waals surface area contributed by atoms with Crippen LogP contribution in [0.15, 0.2) is 35.6 Å². The summed E-state index contributed by atoms with van der Waals surface area (Å²) >= 11 is 0. The van der Waals surface area contributed by atoms with Crippen molar-refractivity contribution in [3.05, 3.63) is 41.1 Å². The van der Waals surface area contributed by atoms with Crippen LogP contribution in [-0.2, 0) is 20.7 Å². The zero-order valence-corrected chi connectivity index (χ0v) is 14.0. The number of nitrogens with zero attached hydrogens (tertiary/aromatic N) is 3. The fourth-order valence-corrected chi connectivity index (χ4v) is 1.77. The summed E-state index contributed by atoms with van der Waals surface area (Å²) in [5.41, 5.74) is 0.970. The standard InChI is InChI=1S/C15H23N3O6/c1-12(2)24-15(20)22-11-23-16-18(21)17(3)14(10-19)9-13-7-5-4-6-8-13/h4-8,12,14,19H,9-11H2,1-3H3/t14-/m0/s1. The van der Waals surface area contributed by atoms with E-state index in [4.69, 9.17) is 4.74 Å². The first-order valence-electron chi connectivity index (χ1n) is 7.45. The molecule has 24 heavy (non-hydrogen) atoms. The van der Waals surface area contributed by atoms with Crippen LogP contribution in [0.1, 0.15) is 19.4 Å². The maximum atomic E-state index is 11.8. The molecule has 0 aromatic heterocycles. The summed E-state index contributed by atoms with van der Waals surface area (Å²) < 4.78 is 9.26. The normalized spacial score (nSPS) is 12.6. The third kappa shape index (κ3) is 7.14. The van der Waals surface area contributed by atoms with Gasteiger partial charge in [0.2, 0.25) is 5.28 Å². The summed E-state index contributed by atoms with van der Waals surface area (Å²) in [6, 6.07) is 8.94. The molecule has 0 fully saturated rings. The van der Waals surface area contributed by atoms with E-state index in [2.05, 4.69) is 14.9 Å². The lowest BCUT2D eigenvalue weighted by atomic mass is 10.1. The first-order chi connectivity index (χ1) is 11.4. The maximum absolute atomic E-state index is 11.8. The van der Waals surface area contributed by atoms with Crippen LogP contribution >= 0.6 is 0 Å². The molecule has 9 heteroatoms. The van der Waals surface area contributed by atoms with Gasteiger partial charge in [0.1, 0.15) is 6.04 Å². The first-order valence-corrected chi connectivity index (χ1v) is 7.45. The Kier molecular flexibility index (Phi) is 8.34. The summed E-state index contributed by atoms with van der Waals surface area (Å²) in [6.45, 7) is 2.54. The second-order valence-corrected chi connectivity index (χ2v) is 5.24. The highest BCUT2D eigenvalue weighted by Gasteiger charge is 2.21. The minimum atomic E-state index is -0.914. The lowest BCUT2D eigenvalue weighted by Crippen LogP contribution is -2.41. The van der Waals surface area contributed by atoms with Crippen LogP contribution < -0.4 is 0 Å². The zero-order valence-electron chi connectivity index (χ0n) is 14.0. The topological polar surface area (TPSA) is 107 Å². The van der Waals surface area contributed by atoms with E-state index in [9.17, 15) is 15.1 Å². The van der Waals surface area contributed by atoms with Crippen molar-refractivity contribution >= 4 is 6.16 Å². The predicted octanol–water partition coefficient (Wildman–Crippen LogP) is 1.85. The van der Waals surface area contributed by atoms with Gasteiger partial charge in [-0.3, -0.25) is 0 Å². The Morgan fingerprint density at radius 2 is 2.04 bits per heavy atom. The molecule has 0 spiro atoms. The minimum Gasteiger partial charge on any atom is -0.569 e. The largest absolute Gasteiger partial charge is 0.569 e. The number of carbonyl (C=O) groups is 1. The molecule has 1 N–H and O–H groups in total. The van der Waals surface area contributed by atoms with Crippen LogP contribution in [0.2, 0.25) is 0 Å². The van der Waals surface area contributed by atoms with Crippen molar-refractivity contribution in [1.29, 1.82) is 0 Å². The van der Waals surface area contributed by atoms with Gasteiger partial charge in [0, 0.05) is 6.42 Å². The molecule has 0 heterocycles. The van der Waals surface area contributed by atoms with Crippen molar-refractivity contribution in [1.82, 2.24) is 5.01 Å². The van der Waals surface area contributed by atoms with Gasteiger partial charge in [-0.15, -0.1) is 5.01 Å². The molecule has 9 nitrogen and oxygen atoms in total. The van der Waals surface area contributed by atoms with E-state index in [-0.39, 0.29) is 17.7 Å². The van der Waals surface area contributed by atoms with Crippen molar-refractivity contribution in [2.24, 2.45) is 5.28 Å². The zero-order chi connectivity index (χ0) is 17.9. The van der Waals surface area contributed by atoms with Crippen LogP contribution in [0.25, 0.3) is 0 Å². The lowest BCUT2D eigenvalue weighted by molar-refractivity contribution is -0.714. The van der Waals surface area contributed by atoms with E-state index in [1.54, 1.807) is 13.8 Å². The summed E-state index contributed by atoms with van der Waals surface area (Å²) in [4.78, 5) is 15.9. The molecule has 0 amide bonds. The fraction of sp³-hybridized carbons (Fsp3) is 0.533. The molecular formula is C15H23N3O6. The Hall–Kier alpha value is -2.55. The van der Waals surface area contributed by atoms with Gasteiger partial charge in [-0.05, 0) is 19.4 Å². The maximum Gasteiger partial charge on any atom is 0.511 e. The molecule has 0 aliphatic heterocycles. The Morgan fingerprint density at radius 3 is 2.62 bits per heavy atom. The van der Waals surface area contributed by atoms with Crippen molar-refractivity contribution < 1.29 is 29.2 Å². The molecule has 0 saturated carbocycles. The molecule has 134 valence electrons. The number of hydrazine groups is 1. The second-order valence-electron chi connectivity index (χ2n) is 5.24. The number of aliphatic hydroxyl groups is 1. The molecule has 0 unspecified atom stereocenters. The Balaban J connectivity index is 2.45. The smallest absolute Gasteiger partial charge is 0.511 e. The van der Waals surface area contributed by atoms with Gasteiger partial charge in [-0.1, -0.05) is 30.3 Å². The van der Waals surface area contributed by atoms with Gasteiger partial charge in [0.15, 0.2) is 0 Å². The molecule has 1 atom stereocenters. The van der Waals surface area contributed by atoms with Gasteiger partial charge in [0.25, 0.3) is 6.79 Å². The third-order valence-electron chi connectivity index (χ3n) is 3.01. The summed E-state index contributed by atoms with van der Waals surface area (Å²) in [7, 11) is 1.47. The molecular weight excluding hydrogens is 318 g/mol. The van der Waals surface area contributed by atoms with Gasteiger partial charge in [-0.25, -0.2) is 4.79 Å². The Labute approximate surface area is 140 Å². The number of carbonyl (C=O) groups excluding carboxylic acids is 1. The fourth-order valence-electron chi connectivity index (χ4n) is 1.77. The van der Waals surface area contributed by atoms with Gasteiger partial charge < -0.3 is 24.6 Å². The predicted molar refractivity (Wildman–Crippen MR) is 83.5 cm³/mol. The quantitative estimate of drug-likeness (QED) is 0.182. The van der Waals surface area contributed by atoms with Crippen molar-refractivity contribution in [3.8, 4) is 0 Å². The van der Waals surface area contributed by atoms with E-state index >= 15 is 0 Å². The first kappa shape index (κ1) is 19.5. The van der Waals surface area contributed by atoms with Crippen molar-refractivity contribution in [2.75, 3.05) is 20.4 Å².